The van der Waals surface area contributed by atoms with Crippen molar-refractivity contribution in [3.63, 3.8) is 0 Å². The predicted octanol–water partition coefficient (Wildman–Crippen LogP) is 2.77. The van der Waals surface area contributed by atoms with E-state index in [-0.39, 0.29) is 6.79 Å². The summed E-state index contributed by atoms with van der Waals surface area (Å²) >= 11 is 0. The maximum Gasteiger partial charge on any atom is 0.411 e. The summed E-state index contributed by atoms with van der Waals surface area (Å²) in [6.45, 7) is 2.55. The minimum Gasteiger partial charge on any atom is -0.497 e. The highest BCUT2D eigenvalue weighted by molar-refractivity contribution is 5.88. The molecule has 0 unspecified atom stereocenters. The fraction of sp³-hybridized carbons (Fsp3) is 0.462. The average Bonchev–Trinajstić information content (AvgIpc) is 2.87. The van der Waals surface area contributed by atoms with Crippen molar-refractivity contribution in [2.45, 2.75) is 19.8 Å². The van der Waals surface area contributed by atoms with Crippen LogP contribution in [0.25, 0.3) is 0 Å². The SMILES string of the molecule is CCCCOC(=O)Nc1cc(OC)cc2c1OCO2. The monoisotopic (exact) mass is 267 g/mol. The zero-order valence-corrected chi connectivity index (χ0v) is 11.0. The highest BCUT2D eigenvalue weighted by Crippen LogP contribution is 2.42. The molecule has 1 N–H and O–H groups in total. The van der Waals surface area contributed by atoms with Crippen molar-refractivity contribution in [1.29, 1.82) is 0 Å². The Morgan fingerprint density at radius 2 is 2.26 bits per heavy atom. The van der Waals surface area contributed by atoms with Crippen LogP contribution in [0.15, 0.2) is 12.1 Å². The number of rotatable bonds is 5. The van der Waals surface area contributed by atoms with Crippen molar-refractivity contribution in [3.8, 4) is 17.2 Å². The molecule has 0 fully saturated rings. The van der Waals surface area contributed by atoms with Crippen LogP contribution in [0.1, 0.15) is 19.8 Å². The van der Waals surface area contributed by atoms with E-state index >= 15 is 0 Å². The van der Waals surface area contributed by atoms with Gasteiger partial charge in [0.15, 0.2) is 11.5 Å². The largest absolute Gasteiger partial charge is 0.497 e. The molecule has 6 heteroatoms. The summed E-state index contributed by atoms with van der Waals surface area (Å²) in [5, 5.41) is 2.63. The van der Waals surface area contributed by atoms with Crippen LogP contribution < -0.4 is 19.5 Å². The van der Waals surface area contributed by atoms with Crippen LogP contribution in [0.5, 0.6) is 17.2 Å². The van der Waals surface area contributed by atoms with Gasteiger partial charge in [-0.3, -0.25) is 5.32 Å². The van der Waals surface area contributed by atoms with Crippen LogP contribution in [0.2, 0.25) is 0 Å². The Bertz CT molecular complexity index is 461. The molecule has 1 aliphatic heterocycles. The molecule has 0 saturated heterocycles. The third kappa shape index (κ3) is 3.21. The number of amides is 1. The van der Waals surface area contributed by atoms with E-state index in [1.165, 1.54) is 0 Å². The van der Waals surface area contributed by atoms with Crippen molar-refractivity contribution >= 4 is 11.8 Å². The van der Waals surface area contributed by atoms with Crippen molar-refractivity contribution in [2.75, 3.05) is 25.8 Å². The summed E-state index contributed by atoms with van der Waals surface area (Å²) in [7, 11) is 1.54. The minimum absolute atomic E-state index is 0.127. The molecule has 19 heavy (non-hydrogen) atoms. The second-order valence-electron chi connectivity index (χ2n) is 4.02. The lowest BCUT2D eigenvalue weighted by Crippen LogP contribution is -2.14. The van der Waals surface area contributed by atoms with Gasteiger partial charge in [-0.05, 0) is 6.42 Å². The summed E-state index contributed by atoms with van der Waals surface area (Å²) in [6.07, 6.45) is 1.29. The van der Waals surface area contributed by atoms with Crippen LogP contribution in [-0.2, 0) is 4.74 Å². The summed E-state index contributed by atoms with van der Waals surface area (Å²) in [6, 6.07) is 3.37. The third-order valence-electron chi connectivity index (χ3n) is 2.65. The van der Waals surface area contributed by atoms with E-state index in [0.717, 1.165) is 12.8 Å². The smallest absolute Gasteiger partial charge is 0.411 e. The molecule has 0 aromatic heterocycles. The fourth-order valence-corrected chi connectivity index (χ4v) is 1.65. The zero-order valence-electron chi connectivity index (χ0n) is 11.0. The molecule has 1 aliphatic rings. The van der Waals surface area contributed by atoms with Gasteiger partial charge in [-0.1, -0.05) is 13.3 Å². The maximum absolute atomic E-state index is 11.6. The molecule has 1 amide bonds. The van der Waals surface area contributed by atoms with E-state index in [9.17, 15) is 4.79 Å². The lowest BCUT2D eigenvalue weighted by molar-refractivity contribution is 0.159. The maximum atomic E-state index is 11.6. The van der Waals surface area contributed by atoms with E-state index < -0.39 is 6.09 Å². The van der Waals surface area contributed by atoms with Crippen molar-refractivity contribution in [1.82, 2.24) is 0 Å². The van der Waals surface area contributed by atoms with Gasteiger partial charge in [0.1, 0.15) is 5.75 Å². The van der Waals surface area contributed by atoms with Crippen molar-refractivity contribution in [3.05, 3.63) is 12.1 Å². The normalized spacial score (nSPS) is 12.1. The van der Waals surface area contributed by atoms with E-state index in [2.05, 4.69) is 5.32 Å². The number of hydrogen-bond donors (Lipinski definition) is 1. The third-order valence-corrected chi connectivity index (χ3v) is 2.65. The summed E-state index contributed by atoms with van der Waals surface area (Å²) in [5.41, 5.74) is 0.480. The Morgan fingerprint density at radius 1 is 1.42 bits per heavy atom. The molecule has 1 aromatic rings. The summed E-state index contributed by atoms with van der Waals surface area (Å²) in [4.78, 5) is 11.6. The Kier molecular flexibility index (Phi) is 4.33. The number of carbonyl (C=O) groups is 1. The standard InChI is InChI=1S/C13H17NO5/c1-3-4-5-17-13(15)14-10-6-9(16-2)7-11-12(10)19-8-18-11/h6-7H,3-5,8H2,1-2H3,(H,14,15). The van der Waals surface area contributed by atoms with Crippen molar-refractivity contribution < 1.29 is 23.7 Å². The Hall–Kier alpha value is -2.11. The minimum atomic E-state index is -0.514. The first-order valence-electron chi connectivity index (χ1n) is 6.16. The van der Waals surface area contributed by atoms with Gasteiger partial charge in [-0.2, -0.15) is 0 Å². The van der Waals surface area contributed by atoms with Crippen LogP contribution >= 0.6 is 0 Å². The second kappa shape index (κ2) is 6.17. The number of nitrogens with one attached hydrogen (secondary N) is 1. The molecule has 1 heterocycles. The lowest BCUT2D eigenvalue weighted by Gasteiger charge is -2.10. The number of fused-ring (bicyclic) bond motifs is 1. The van der Waals surface area contributed by atoms with Gasteiger partial charge in [-0.25, -0.2) is 4.79 Å². The molecular formula is C13H17NO5. The van der Waals surface area contributed by atoms with Gasteiger partial charge in [0.2, 0.25) is 6.79 Å². The van der Waals surface area contributed by atoms with Crippen LogP contribution in [0.3, 0.4) is 0 Å². The molecule has 2 rings (SSSR count). The molecule has 0 saturated carbocycles. The number of carbonyl (C=O) groups excluding carboxylic acids is 1. The van der Waals surface area contributed by atoms with Gasteiger partial charge in [0.25, 0.3) is 0 Å². The van der Waals surface area contributed by atoms with Gasteiger partial charge in [0, 0.05) is 12.1 Å². The molecule has 0 radical (unpaired) electrons. The Morgan fingerprint density at radius 3 is 3.00 bits per heavy atom. The highest BCUT2D eigenvalue weighted by atomic mass is 16.7. The number of ether oxygens (including phenoxy) is 4. The number of unbranched alkanes of at least 4 members (excludes halogenated alkanes) is 1. The highest BCUT2D eigenvalue weighted by Gasteiger charge is 2.21. The molecule has 104 valence electrons. The second-order valence-corrected chi connectivity index (χ2v) is 4.02. The number of anilines is 1. The van der Waals surface area contributed by atoms with E-state index in [1.54, 1.807) is 19.2 Å². The zero-order chi connectivity index (χ0) is 13.7. The van der Waals surface area contributed by atoms with E-state index in [4.69, 9.17) is 18.9 Å². The van der Waals surface area contributed by atoms with Crippen LogP contribution in [-0.4, -0.2) is 26.6 Å². The molecule has 0 bridgehead atoms. The first-order valence-corrected chi connectivity index (χ1v) is 6.16. The topological polar surface area (TPSA) is 66.0 Å². The van der Waals surface area contributed by atoms with Gasteiger partial charge >= 0.3 is 6.09 Å². The summed E-state index contributed by atoms with van der Waals surface area (Å²) in [5.74, 6) is 1.62. The predicted molar refractivity (Wildman–Crippen MR) is 69.0 cm³/mol. The first kappa shape index (κ1) is 13.3. The number of methoxy groups -OCH3 is 1. The average molecular weight is 267 g/mol. The quantitative estimate of drug-likeness (QED) is 0.831. The molecular weight excluding hydrogens is 250 g/mol. The van der Waals surface area contributed by atoms with Crippen molar-refractivity contribution in [2.24, 2.45) is 0 Å². The van der Waals surface area contributed by atoms with Gasteiger partial charge < -0.3 is 18.9 Å². The Labute approximate surface area is 111 Å². The Balaban J connectivity index is 2.07. The molecule has 6 nitrogen and oxygen atoms in total. The number of benzene rings is 1. The van der Waals surface area contributed by atoms with Crippen LogP contribution in [0.4, 0.5) is 10.5 Å². The fourth-order valence-electron chi connectivity index (χ4n) is 1.65. The molecule has 1 aromatic carbocycles. The van der Waals surface area contributed by atoms with Crippen LogP contribution in [0, 0.1) is 0 Å². The van der Waals surface area contributed by atoms with E-state index in [0.29, 0.717) is 29.5 Å². The first-order chi connectivity index (χ1) is 9.24. The lowest BCUT2D eigenvalue weighted by atomic mass is 10.2. The number of hydrogen-bond acceptors (Lipinski definition) is 5. The van der Waals surface area contributed by atoms with E-state index in [1.807, 2.05) is 6.92 Å². The summed E-state index contributed by atoms with van der Waals surface area (Å²) < 4.78 is 20.7. The van der Waals surface area contributed by atoms with Gasteiger partial charge in [0.05, 0.1) is 19.4 Å². The molecule has 0 aliphatic carbocycles. The molecule has 0 spiro atoms. The van der Waals surface area contributed by atoms with Gasteiger partial charge in [-0.15, -0.1) is 0 Å². The molecule has 0 atom stereocenters.